The number of amides is 1. The first kappa shape index (κ1) is 12.4. The second-order valence-electron chi connectivity index (χ2n) is 4.48. The molecule has 1 aliphatic rings. The average Bonchev–Trinajstić information content (AvgIpc) is 3.12. The molecule has 0 aromatic heterocycles. The van der Waals surface area contributed by atoms with Crippen LogP contribution in [0.15, 0.2) is 18.2 Å². The highest BCUT2D eigenvalue weighted by atomic mass is 16.4. The van der Waals surface area contributed by atoms with E-state index in [0.29, 0.717) is 12.8 Å². The van der Waals surface area contributed by atoms with Crippen LogP contribution in [0.1, 0.15) is 23.2 Å². The minimum atomic E-state index is -1.12. The van der Waals surface area contributed by atoms with E-state index < -0.39 is 11.4 Å². The lowest BCUT2D eigenvalue weighted by Crippen LogP contribution is -2.30. The van der Waals surface area contributed by atoms with Gasteiger partial charge in [0.15, 0.2) is 0 Å². The van der Waals surface area contributed by atoms with Gasteiger partial charge in [-0.15, -0.1) is 0 Å². The third kappa shape index (κ3) is 2.14. The number of hydrogen-bond donors (Lipinski definition) is 4. The van der Waals surface area contributed by atoms with Gasteiger partial charge < -0.3 is 21.3 Å². The topological polar surface area (TPSA) is 113 Å². The van der Waals surface area contributed by atoms with Crippen molar-refractivity contribution < 1.29 is 19.8 Å². The van der Waals surface area contributed by atoms with Gasteiger partial charge in [0.2, 0.25) is 5.91 Å². The highest BCUT2D eigenvalue weighted by Crippen LogP contribution is 2.45. The van der Waals surface area contributed by atoms with Crippen LogP contribution < -0.4 is 11.1 Å². The largest absolute Gasteiger partial charge is 0.506 e. The van der Waals surface area contributed by atoms with Crippen LogP contribution in [0.3, 0.4) is 0 Å². The molecule has 0 bridgehead atoms. The van der Waals surface area contributed by atoms with Crippen LogP contribution in [0.25, 0.3) is 0 Å². The second kappa shape index (κ2) is 4.30. The number of hydrogen-bond acceptors (Lipinski definition) is 4. The van der Waals surface area contributed by atoms with E-state index in [1.807, 2.05) is 0 Å². The molecule has 0 atom stereocenters. The van der Waals surface area contributed by atoms with E-state index in [2.05, 4.69) is 5.32 Å². The van der Waals surface area contributed by atoms with E-state index in [9.17, 15) is 14.7 Å². The first-order valence-electron chi connectivity index (χ1n) is 5.56. The number of carbonyl (C=O) groups excluding carboxylic acids is 1. The fourth-order valence-electron chi connectivity index (χ4n) is 1.70. The van der Waals surface area contributed by atoms with E-state index in [0.717, 1.165) is 0 Å². The molecule has 18 heavy (non-hydrogen) atoms. The van der Waals surface area contributed by atoms with Crippen LogP contribution >= 0.6 is 0 Å². The van der Waals surface area contributed by atoms with Crippen LogP contribution in [-0.4, -0.2) is 28.6 Å². The van der Waals surface area contributed by atoms with Crippen LogP contribution in [0, 0.1) is 5.41 Å². The van der Waals surface area contributed by atoms with Crippen molar-refractivity contribution in [2.24, 2.45) is 11.1 Å². The fraction of sp³-hybridized carbons (Fsp3) is 0.333. The van der Waals surface area contributed by atoms with Crippen molar-refractivity contribution in [2.45, 2.75) is 12.8 Å². The molecule has 1 fully saturated rings. The maximum Gasteiger partial charge on any atom is 0.335 e. The molecule has 0 aliphatic heterocycles. The summed E-state index contributed by atoms with van der Waals surface area (Å²) in [6, 6.07) is 3.73. The molecule has 0 unspecified atom stereocenters. The van der Waals surface area contributed by atoms with Crippen LogP contribution in [0.5, 0.6) is 5.75 Å². The van der Waals surface area contributed by atoms with Gasteiger partial charge in [0.25, 0.3) is 0 Å². The molecule has 5 N–H and O–H groups in total. The third-order valence-electron chi connectivity index (χ3n) is 3.22. The highest BCUT2D eigenvalue weighted by Gasteiger charge is 2.48. The zero-order chi connectivity index (χ0) is 13.3. The molecule has 1 aliphatic carbocycles. The number of phenols is 1. The number of carboxylic acids is 1. The summed E-state index contributed by atoms with van der Waals surface area (Å²) in [6.07, 6.45) is 1.43. The Bertz CT molecular complexity index is 509. The standard InChI is InChI=1S/C12H14N2O4/c13-6-12(3-4-12)11(18)14-8-5-7(10(16)17)1-2-9(8)15/h1-2,5,15H,3-4,6,13H2,(H,14,18)(H,16,17). The number of carboxylic acid groups (broad SMARTS) is 1. The zero-order valence-corrected chi connectivity index (χ0v) is 9.64. The SMILES string of the molecule is NCC1(C(=O)Nc2cc(C(=O)O)ccc2O)CC1. The monoisotopic (exact) mass is 250 g/mol. The molecule has 96 valence electrons. The van der Waals surface area contributed by atoms with Crippen molar-refractivity contribution in [3.8, 4) is 5.75 Å². The summed E-state index contributed by atoms with van der Waals surface area (Å²) >= 11 is 0. The number of phenolic OH excluding ortho intramolecular Hbond substituents is 1. The summed E-state index contributed by atoms with van der Waals surface area (Å²) in [6.45, 7) is 0.248. The van der Waals surface area contributed by atoms with Gasteiger partial charge in [-0.05, 0) is 31.0 Å². The van der Waals surface area contributed by atoms with Crippen LogP contribution in [0.4, 0.5) is 5.69 Å². The second-order valence-corrected chi connectivity index (χ2v) is 4.48. The number of aromatic hydroxyl groups is 1. The number of benzene rings is 1. The van der Waals surface area contributed by atoms with E-state index >= 15 is 0 Å². The highest BCUT2D eigenvalue weighted by molar-refractivity contribution is 5.99. The Hall–Kier alpha value is -2.08. The Balaban J connectivity index is 2.21. The van der Waals surface area contributed by atoms with Gasteiger partial charge in [0, 0.05) is 6.54 Å². The van der Waals surface area contributed by atoms with Crippen LogP contribution in [0.2, 0.25) is 0 Å². The number of carbonyl (C=O) groups is 2. The molecule has 1 aromatic rings. The first-order chi connectivity index (χ1) is 8.48. The van der Waals surface area contributed by atoms with E-state index in [1.165, 1.54) is 18.2 Å². The lowest BCUT2D eigenvalue weighted by molar-refractivity contribution is -0.120. The Labute approximate surface area is 103 Å². The number of rotatable bonds is 4. The van der Waals surface area contributed by atoms with Gasteiger partial charge in [-0.1, -0.05) is 0 Å². The van der Waals surface area contributed by atoms with E-state index in [1.54, 1.807) is 0 Å². The normalized spacial score (nSPS) is 16.1. The van der Waals surface area contributed by atoms with Crippen molar-refractivity contribution >= 4 is 17.6 Å². The smallest absolute Gasteiger partial charge is 0.335 e. The van der Waals surface area contributed by atoms with Gasteiger partial charge in [-0.2, -0.15) is 0 Å². The molecule has 0 radical (unpaired) electrons. The lowest BCUT2D eigenvalue weighted by Gasteiger charge is -2.14. The molecule has 1 aromatic carbocycles. The van der Waals surface area contributed by atoms with Crippen molar-refractivity contribution in [3.63, 3.8) is 0 Å². The predicted octanol–water partition coefficient (Wildman–Crippen LogP) is 0.768. The van der Waals surface area contributed by atoms with E-state index in [-0.39, 0.29) is 29.5 Å². The Morgan fingerprint density at radius 3 is 2.56 bits per heavy atom. The number of aromatic carboxylic acids is 1. The summed E-state index contributed by atoms with van der Waals surface area (Å²) in [5.41, 5.74) is 5.07. The molecular formula is C12H14N2O4. The van der Waals surface area contributed by atoms with Crippen molar-refractivity contribution in [1.82, 2.24) is 0 Å². The number of nitrogens with one attached hydrogen (secondary N) is 1. The molecule has 1 amide bonds. The third-order valence-corrected chi connectivity index (χ3v) is 3.22. The molecular weight excluding hydrogens is 236 g/mol. The van der Waals surface area contributed by atoms with Crippen molar-refractivity contribution in [1.29, 1.82) is 0 Å². The molecule has 0 spiro atoms. The van der Waals surface area contributed by atoms with Gasteiger partial charge >= 0.3 is 5.97 Å². The molecule has 0 saturated heterocycles. The number of anilines is 1. The maximum absolute atomic E-state index is 11.9. The summed E-state index contributed by atoms with van der Waals surface area (Å²) in [4.78, 5) is 22.7. The predicted molar refractivity (Wildman–Crippen MR) is 64.4 cm³/mol. The molecule has 2 rings (SSSR count). The Morgan fingerprint density at radius 2 is 2.06 bits per heavy atom. The van der Waals surface area contributed by atoms with Crippen molar-refractivity contribution in [2.75, 3.05) is 11.9 Å². The maximum atomic E-state index is 11.9. The summed E-state index contributed by atoms with van der Waals surface area (Å²) in [7, 11) is 0. The molecule has 6 heteroatoms. The van der Waals surface area contributed by atoms with Gasteiger partial charge in [0.05, 0.1) is 16.7 Å². The van der Waals surface area contributed by atoms with Gasteiger partial charge in [-0.3, -0.25) is 4.79 Å². The lowest BCUT2D eigenvalue weighted by atomic mass is 10.1. The minimum absolute atomic E-state index is 0.000644. The molecule has 1 saturated carbocycles. The van der Waals surface area contributed by atoms with Gasteiger partial charge in [-0.25, -0.2) is 4.79 Å². The number of nitrogens with two attached hydrogens (primary N) is 1. The van der Waals surface area contributed by atoms with Crippen LogP contribution in [-0.2, 0) is 4.79 Å². The van der Waals surface area contributed by atoms with E-state index in [4.69, 9.17) is 10.8 Å². The van der Waals surface area contributed by atoms with Gasteiger partial charge in [0.1, 0.15) is 5.75 Å². The fourth-order valence-corrected chi connectivity index (χ4v) is 1.70. The Kier molecular flexibility index (Phi) is 2.96. The summed E-state index contributed by atoms with van der Waals surface area (Å²) < 4.78 is 0. The first-order valence-corrected chi connectivity index (χ1v) is 5.56. The average molecular weight is 250 g/mol. The molecule has 6 nitrogen and oxygen atoms in total. The quantitative estimate of drug-likeness (QED) is 0.589. The minimum Gasteiger partial charge on any atom is -0.506 e. The summed E-state index contributed by atoms with van der Waals surface area (Å²) in [5.74, 6) is -1.56. The Morgan fingerprint density at radius 1 is 1.39 bits per heavy atom. The summed E-state index contributed by atoms with van der Waals surface area (Å²) in [5, 5.41) is 21.0. The van der Waals surface area contributed by atoms with Crippen molar-refractivity contribution in [3.05, 3.63) is 23.8 Å². The molecule has 0 heterocycles. The zero-order valence-electron chi connectivity index (χ0n) is 9.64.